The van der Waals surface area contributed by atoms with Crippen LogP contribution in [0.1, 0.15) is 22.6 Å². The van der Waals surface area contributed by atoms with Crippen LogP contribution in [0, 0.1) is 10.1 Å². The SMILES string of the molecule is COc1ccc(/C=C/C(=O)N2CC(COS(=O)(=O)Cc3ccccc3)c3c2cc([N+](=O)[O-])c2cc(S(=O)(=O)NCCO)ccc32)cc1. The predicted molar refractivity (Wildman–Crippen MR) is 175 cm³/mol. The fourth-order valence-electron chi connectivity index (χ4n) is 5.36. The number of hydrogen-bond acceptors (Lipinski definition) is 10. The van der Waals surface area contributed by atoms with E-state index in [0.29, 0.717) is 22.4 Å². The number of nitrogens with one attached hydrogen (secondary N) is 1. The number of fused-ring (bicyclic) bond motifs is 3. The monoisotopic (exact) mass is 681 g/mol. The number of carbonyl (C=O) groups is 1. The number of aliphatic hydroxyl groups excluding tert-OH is 1. The second kappa shape index (κ2) is 14.0. The minimum absolute atomic E-state index is 0.0270. The zero-order valence-corrected chi connectivity index (χ0v) is 26.7. The van der Waals surface area contributed by atoms with Gasteiger partial charge in [-0.2, -0.15) is 8.42 Å². The number of carbonyl (C=O) groups excluding carboxylic acids is 1. The van der Waals surface area contributed by atoms with Crippen LogP contribution in [-0.4, -0.2) is 66.2 Å². The average molecular weight is 682 g/mol. The molecule has 4 aromatic carbocycles. The van der Waals surface area contributed by atoms with Crippen molar-refractivity contribution in [1.29, 1.82) is 0 Å². The number of ether oxygens (including phenoxy) is 1. The lowest BCUT2D eigenvalue weighted by atomic mass is 9.94. The van der Waals surface area contributed by atoms with E-state index in [1.54, 1.807) is 60.7 Å². The molecule has 0 saturated carbocycles. The molecule has 5 rings (SSSR count). The predicted octanol–water partition coefficient (Wildman–Crippen LogP) is 3.72. The first-order valence-electron chi connectivity index (χ1n) is 14.3. The van der Waals surface area contributed by atoms with Crippen molar-refractivity contribution in [3.63, 3.8) is 0 Å². The summed E-state index contributed by atoms with van der Waals surface area (Å²) in [4.78, 5) is 26.2. The van der Waals surface area contributed by atoms with E-state index in [1.807, 2.05) is 0 Å². The number of benzene rings is 4. The Labute approximate surface area is 271 Å². The number of methoxy groups -OCH3 is 1. The quantitative estimate of drug-likeness (QED) is 0.0913. The van der Waals surface area contributed by atoms with Gasteiger partial charge in [0.1, 0.15) is 11.5 Å². The largest absolute Gasteiger partial charge is 0.497 e. The molecule has 4 aromatic rings. The molecule has 2 N–H and O–H groups in total. The van der Waals surface area contributed by atoms with Gasteiger partial charge in [-0.05, 0) is 52.4 Å². The molecule has 0 radical (unpaired) electrons. The number of sulfonamides is 1. The Balaban J connectivity index is 1.56. The van der Waals surface area contributed by atoms with Crippen molar-refractivity contribution < 1.29 is 40.6 Å². The van der Waals surface area contributed by atoms with Crippen molar-refractivity contribution in [3.05, 3.63) is 112 Å². The van der Waals surface area contributed by atoms with Gasteiger partial charge < -0.3 is 14.7 Å². The highest BCUT2D eigenvalue weighted by Crippen LogP contribution is 2.46. The third-order valence-corrected chi connectivity index (χ3v) is 10.2. The number of rotatable bonds is 13. The molecule has 1 amide bonds. The van der Waals surface area contributed by atoms with Crippen molar-refractivity contribution in [1.82, 2.24) is 4.72 Å². The zero-order valence-electron chi connectivity index (χ0n) is 25.1. The fourth-order valence-corrected chi connectivity index (χ4v) is 7.46. The Kier molecular flexibility index (Phi) is 10.0. The van der Waals surface area contributed by atoms with Gasteiger partial charge in [-0.15, -0.1) is 0 Å². The van der Waals surface area contributed by atoms with Crippen molar-refractivity contribution in [3.8, 4) is 5.75 Å². The normalized spacial score (nSPS) is 14.9. The van der Waals surface area contributed by atoms with E-state index in [9.17, 15) is 31.7 Å². The third kappa shape index (κ3) is 7.66. The van der Waals surface area contributed by atoms with Crippen LogP contribution in [0.4, 0.5) is 11.4 Å². The lowest BCUT2D eigenvalue weighted by molar-refractivity contribution is -0.383. The number of nitro benzene ring substituents is 1. The van der Waals surface area contributed by atoms with Crippen molar-refractivity contribution in [2.45, 2.75) is 16.6 Å². The highest BCUT2D eigenvalue weighted by molar-refractivity contribution is 7.89. The molecule has 1 heterocycles. The molecule has 0 spiro atoms. The van der Waals surface area contributed by atoms with Crippen LogP contribution in [0.15, 0.2) is 89.8 Å². The molecule has 0 bridgehead atoms. The molecule has 1 aliphatic heterocycles. The van der Waals surface area contributed by atoms with Crippen molar-refractivity contribution in [2.75, 3.05) is 38.3 Å². The molecule has 0 saturated heterocycles. The maximum atomic E-state index is 13.6. The Morgan fingerprint density at radius 3 is 2.43 bits per heavy atom. The van der Waals surface area contributed by atoms with E-state index in [2.05, 4.69) is 4.72 Å². The standard InChI is InChI=1S/C32H31N3O10S2/c1-44-25-10-7-22(8-11-25)9-14-31(37)34-19-24(20-45-46(40,41)21-23-5-3-2-4-6-23)32-27-13-12-26(47(42,43)33-15-16-36)17-28(27)29(35(38)39)18-30(32)34/h2-14,17-18,24,33,36H,15-16,19-21H2,1H3/b14-9+. The van der Waals surface area contributed by atoms with E-state index in [4.69, 9.17) is 14.0 Å². The fraction of sp³-hybridized carbons (Fsp3) is 0.219. The number of aliphatic hydroxyl groups is 1. The second-order valence-corrected chi connectivity index (χ2v) is 14.0. The molecule has 0 aromatic heterocycles. The highest BCUT2D eigenvalue weighted by atomic mass is 32.2. The molecular weight excluding hydrogens is 650 g/mol. The lowest BCUT2D eigenvalue weighted by Gasteiger charge is -2.16. The van der Waals surface area contributed by atoms with Gasteiger partial charge in [0.2, 0.25) is 10.0 Å². The molecular formula is C32H31N3O10S2. The van der Waals surface area contributed by atoms with E-state index in [-0.39, 0.29) is 46.8 Å². The second-order valence-electron chi connectivity index (χ2n) is 10.6. The average Bonchev–Trinajstić information content (AvgIpc) is 3.44. The van der Waals surface area contributed by atoms with E-state index in [1.165, 1.54) is 36.3 Å². The first kappa shape index (κ1) is 33.7. The molecule has 0 fully saturated rings. The summed E-state index contributed by atoms with van der Waals surface area (Å²) in [5.41, 5.74) is 1.34. The third-order valence-electron chi connectivity index (χ3n) is 7.55. The molecule has 246 valence electrons. The minimum atomic E-state index is -4.12. The molecule has 0 aliphatic carbocycles. The molecule has 1 aliphatic rings. The summed E-state index contributed by atoms with van der Waals surface area (Å²) in [5, 5.41) is 21.6. The number of nitro groups is 1. The van der Waals surface area contributed by atoms with Crippen LogP contribution in [0.2, 0.25) is 0 Å². The molecule has 15 heteroatoms. The number of amides is 1. The zero-order chi connectivity index (χ0) is 33.8. The maximum Gasteiger partial charge on any atom is 0.279 e. The minimum Gasteiger partial charge on any atom is -0.497 e. The summed E-state index contributed by atoms with van der Waals surface area (Å²) in [6.07, 6.45) is 2.88. The van der Waals surface area contributed by atoms with Gasteiger partial charge in [-0.1, -0.05) is 48.5 Å². The van der Waals surface area contributed by atoms with Crippen LogP contribution in [-0.2, 0) is 34.9 Å². The molecule has 1 atom stereocenters. The van der Waals surface area contributed by atoms with Crippen molar-refractivity contribution in [2.24, 2.45) is 0 Å². The van der Waals surface area contributed by atoms with Gasteiger partial charge in [0.05, 0.1) is 41.2 Å². The Morgan fingerprint density at radius 2 is 1.77 bits per heavy atom. The van der Waals surface area contributed by atoms with E-state index < -0.39 is 49.2 Å². The first-order valence-corrected chi connectivity index (χ1v) is 17.4. The van der Waals surface area contributed by atoms with Gasteiger partial charge in [0.25, 0.3) is 21.7 Å². The molecule has 1 unspecified atom stereocenters. The highest BCUT2D eigenvalue weighted by Gasteiger charge is 2.37. The number of nitrogens with zero attached hydrogens (tertiary/aromatic N) is 2. The van der Waals surface area contributed by atoms with Gasteiger partial charge in [0, 0.05) is 31.1 Å². The molecule has 13 nitrogen and oxygen atoms in total. The smallest absolute Gasteiger partial charge is 0.279 e. The summed E-state index contributed by atoms with van der Waals surface area (Å²) >= 11 is 0. The number of non-ortho nitro benzene ring substituents is 1. The summed E-state index contributed by atoms with van der Waals surface area (Å²) < 4.78 is 64.3. The lowest BCUT2D eigenvalue weighted by Crippen LogP contribution is -2.29. The Morgan fingerprint density at radius 1 is 1.04 bits per heavy atom. The van der Waals surface area contributed by atoms with Crippen LogP contribution < -0.4 is 14.4 Å². The van der Waals surface area contributed by atoms with Crippen LogP contribution in [0.3, 0.4) is 0 Å². The summed E-state index contributed by atoms with van der Waals surface area (Å²) in [6, 6.07) is 20.4. The van der Waals surface area contributed by atoms with Gasteiger partial charge in [0.15, 0.2) is 0 Å². The first-order chi connectivity index (χ1) is 22.4. The summed E-state index contributed by atoms with van der Waals surface area (Å²) in [7, 11) is -6.66. The topological polar surface area (TPSA) is 182 Å². The van der Waals surface area contributed by atoms with Crippen LogP contribution in [0.25, 0.3) is 16.8 Å². The summed E-state index contributed by atoms with van der Waals surface area (Å²) in [6.45, 7) is -1.15. The Hall–Kier alpha value is -4.67. The van der Waals surface area contributed by atoms with Gasteiger partial charge in [-0.3, -0.25) is 19.1 Å². The van der Waals surface area contributed by atoms with Crippen molar-refractivity contribution >= 4 is 54.3 Å². The molecule has 47 heavy (non-hydrogen) atoms. The van der Waals surface area contributed by atoms with Gasteiger partial charge in [-0.25, -0.2) is 13.1 Å². The summed E-state index contributed by atoms with van der Waals surface area (Å²) in [5.74, 6) is -1.01. The van der Waals surface area contributed by atoms with Crippen LogP contribution in [0.5, 0.6) is 5.75 Å². The maximum absolute atomic E-state index is 13.6. The van der Waals surface area contributed by atoms with Gasteiger partial charge >= 0.3 is 0 Å². The van der Waals surface area contributed by atoms with Crippen LogP contribution >= 0.6 is 0 Å². The van der Waals surface area contributed by atoms with E-state index in [0.717, 1.165) is 6.07 Å². The number of anilines is 1. The Bertz CT molecular complexity index is 2050. The van der Waals surface area contributed by atoms with E-state index >= 15 is 0 Å². The number of hydrogen-bond donors (Lipinski definition) is 2.